The number of pyridine rings is 1. The first-order chi connectivity index (χ1) is 14.2. The zero-order chi connectivity index (χ0) is 20.2. The molecule has 0 saturated carbocycles. The van der Waals surface area contributed by atoms with Gasteiger partial charge in [-0.2, -0.15) is 0 Å². The average Bonchev–Trinajstić information content (AvgIpc) is 3.31. The minimum Gasteiger partial charge on any atom is -0.463 e. The molecule has 0 spiro atoms. The number of para-hydroxylation sites is 1. The lowest BCUT2D eigenvalue weighted by atomic mass is 9.95. The van der Waals surface area contributed by atoms with Crippen LogP contribution in [-0.2, 0) is 4.79 Å². The van der Waals surface area contributed by atoms with Crippen LogP contribution in [0.15, 0.2) is 53.1 Å². The summed E-state index contributed by atoms with van der Waals surface area (Å²) in [5, 5.41) is 3.79. The normalized spacial score (nSPS) is 14.9. The van der Waals surface area contributed by atoms with Gasteiger partial charge < -0.3 is 14.6 Å². The zero-order valence-corrected chi connectivity index (χ0v) is 16.6. The molecule has 0 aliphatic carbocycles. The molecule has 1 aliphatic rings. The Kier molecular flexibility index (Phi) is 5.60. The molecule has 3 heterocycles. The van der Waals surface area contributed by atoms with E-state index >= 15 is 0 Å². The molecule has 1 N–H and O–H groups in total. The van der Waals surface area contributed by atoms with Crippen molar-refractivity contribution in [2.45, 2.75) is 26.2 Å². The van der Waals surface area contributed by atoms with Crippen LogP contribution >= 0.6 is 0 Å². The lowest BCUT2D eigenvalue weighted by Gasteiger charge is -2.31. The van der Waals surface area contributed by atoms with Gasteiger partial charge in [0.2, 0.25) is 5.91 Å². The number of carbonyl (C=O) groups excluding carboxylic acids is 2. The number of carbonyl (C=O) groups is 2. The van der Waals surface area contributed by atoms with Crippen molar-refractivity contribution in [1.82, 2.24) is 15.2 Å². The van der Waals surface area contributed by atoms with Crippen LogP contribution in [0, 0.1) is 5.92 Å². The summed E-state index contributed by atoms with van der Waals surface area (Å²) in [6.07, 6.45) is 3.91. The number of nitrogens with zero attached hydrogens (tertiary/aromatic N) is 2. The molecule has 3 aromatic rings. The molecule has 2 aromatic heterocycles. The third kappa shape index (κ3) is 4.01. The van der Waals surface area contributed by atoms with Crippen LogP contribution in [0.2, 0.25) is 0 Å². The minimum atomic E-state index is -0.0242. The van der Waals surface area contributed by atoms with E-state index in [0.717, 1.165) is 17.3 Å². The number of rotatable bonds is 5. The molecule has 0 unspecified atom stereocenters. The average molecular weight is 391 g/mol. The number of aromatic nitrogens is 1. The Morgan fingerprint density at radius 1 is 1.17 bits per heavy atom. The van der Waals surface area contributed by atoms with Gasteiger partial charge in [-0.25, -0.2) is 4.98 Å². The topological polar surface area (TPSA) is 75.4 Å². The number of benzene rings is 1. The molecular weight excluding hydrogens is 366 g/mol. The summed E-state index contributed by atoms with van der Waals surface area (Å²) in [7, 11) is 0. The van der Waals surface area contributed by atoms with Gasteiger partial charge >= 0.3 is 0 Å². The third-order valence-corrected chi connectivity index (χ3v) is 5.42. The molecule has 1 aromatic carbocycles. The molecule has 6 heteroatoms. The molecule has 6 nitrogen and oxygen atoms in total. The summed E-state index contributed by atoms with van der Waals surface area (Å²) in [5.74, 6) is 0.701. The molecule has 4 rings (SSSR count). The van der Waals surface area contributed by atoms with Crippen LogP contribution in [0.3, 0.4) is 0 Å². The van der Waals surface area contributed by atoms with Gasteiger partial charge in [-0.3, -0.25) is 9.59 Å². The van der Waals surface area contributed by atoms with E-state index < -0.39 is 0 Å². The van der Waals surface area contributed by atoms with Crippen molar-refractivity contribution < 1.29 is 14.0 Å². The first kappa shape index (κ1) is 19.2. The number of amides is 2. The summed E-state index contributed by atoms with van der Waals surface area (Å²) >= 11 is 0. The Morgan fingerprint density at radius 2 is 1.97 bits per heavy atom. The summed E-state index contributed by atoms with van der Waals surface area (Å²) in [6, 6.07) is 13.1. The van der Waals surface area contributed by atoms with E-state index in [1.165, 1.54) is 0 Å². The van der Waals surface area contributed by atoms with E-state index in [-0.39, 0.29) is 17.7 Å². The Hall–Kier alpha value is -3.15. The first-order valence-corrected chi connectivity index (χ1v) is 10.2. The second kappa shape index (κ2) is 8.47. The van der Waals surface area contributed by atoms with Crippen LogP contribution in [0.4, 0.5) is 0 Å². The first-order valence-electron chi connectivity index (χ1n) is 10.2. The van der Waals surface area contributed by atoms with Crippen molar-refractivity contribution in [3.63, 3.8) is 0 Å². The molecule has 1 saturated heterocycles. The Balaban J connectivity index is 1.57. The highest BCUT2D eigenvalue weighted by atomic mass is 16.3. The van der Waals surface area contributed by atoms with Gasteiger partial charge in [-0.05, 0) is 43.5 Å². The molecule has 2 amide bonds. The molecule has 0 radical (unpaired) electrons. The fourth-order valence-electron chi connectivity index (χ4n) is 3.81. The third-order valence-electron chi connectivity index (χ3n) is 5.42. The number of nitrogens with one attached hydrogen (secondary N) is 1. The second-order valence-corrected chi connectivity index (χ2v) is 7.41. The number of hydrogen-bond acceptors (Lipinski definition) is 4. The van der Waals surface area contributed by atoms with E-state index in [1.54, 1.807) is 6.26 Å². The summed E-state index contributed by atoms with van der Waals surface area (Å²) < 4.78 is 5.49. The van der Waals surface area contributed by atoms with Crippen molar-refractivity contribution in [3.05, 3.63) is 54.3 Å². The molecule has 1 fully saturated rings. The van der Waals surface area contributed by atoms with E-state index in [9.17, 15) is 9.59 Å². The van der Waals surface area contributed by atoms with Crippen molar-refractivity contribution in [1.29, 1.82) is 0 Å². The maximum Gasteiger partial charge on any atom is 0.254 e. The van der Waals surface area contributed by atoms with Crippen LogP contribution in [0.25, 0.3) is 22.4 Å². The summed E-state index contributed by atoms with van der Waals surface area (Å²) in [4.78, 5) is 32.1. The van der Waals surface area contributed by atoms with Crippen LogP contribution in [0.1, 0.15) is 36.5 Å². The Morgan fingerprint density at radius 3 is 2.69 bits per heavy atom. The van der Waals surface area contributed by atoms with Crippen LogP contribution < -0.4 is 5.32 Å². The molecule has 0 atom stereocenters. The second-order valence-electron chi connectivity index (χ2n) is 7.41. The molecule has 150 valence electrons. The standard InChI is InChI=1S/C23H25N3O3/c1-2-11-24-22(27)16-9-12-26(13-10-16)23(28)18-15-20(21-8-5-14-29-21)25-19-7-4-3-6-17(18)19/h3-8,14-16H,2,9-13H2,1H3,(H,24,27). The fourth-order valence-corrected chi connectivity index (χ4v) is 3.81. The summed E-state index contributed by atoms with van der Waals surface area (Å²) in [5.41, 5.74) is 2.03. The number of hydrogen-bond donors (Lipinski definition) is 1. The maximum absolute atomic E-state index is 13.4. The van der Waals surface area contributed by atoms with E-state index in [1.807, 2.05) is 54.3 Å². The van der Waals surface area contributed by atoms with Crippen LogP contribution in [0.5, 0.6) is 0 Å². The van der Waals surface area contributed by atoms with Crippen LogP contribution in [-0.4, -0.2) is 41.3 Å². The SMILES string of the molecule is CCCNC(=O)C1CCN(C(=O)c2cc(-c3ccco3)nc3ccccc23)CC1. The van der Waals surface area contributed by atoms with Gasteiger partial charge in [0.15, 0.2) is 5.76 Å². The lowest BCUT2D eigenvalue weighted by molar-refractivity contribution is -0.126. The molecule has 1 aliphatic heterocycles. The van der Waals surface area contributed by atoms with Gasteiger partial charge in [0.25, 0.3) is 5.91 Å². The molecular formula is C23H25N3O3. The van der Waals surface area contributed by atoms with Crippen molar-refractivity contribution in [2.24, 2.45) is 5.92 Å². The Bertz CT molecular complexity index is 1010. The van der Waals surface area contributed by atoms with E-state index in [2.05, 4.69) is 10.3 Å². The van der Waals surface area contributed by atoms with E-state index in [0.29, 0.717) is 49.5 Å². The van der Waals surface area contributed by atoms with Crippen molar-refractivity contribution >= 4 is 22.7 Å². The highest BCUT2D eigenvalue weighted by Gasteiger charge is 2.28. The fraction of sp³-hybridized carbons (Fsp3) is 0.348. The monoisotopic (exact) mass is 391 g/mol. The number of piperidine rings is 1. The minimum absolute atomic E-state index is 0.0153. The van der Waals surface area contributed by atoms with Crippen molar-refractivity contribution in [3.8, 4) is 11.5 Å². The van der Waals surface area contributed by atoms with Gasteiger partial charge in [0, 0.05) is 30.9 Å². The zero-order valence-electron chi connectivity index (χ0n) is 16.6. The quantitative estimate of drug-likeness (QED) is 0.716. The maximum atomic E-state index is 13.4. The molecule has 0 bridgehead atoms. The lowest BCUT2D eigenvalue weighted by Crippen LogP contribution is -2.43. The predicted molar refractivity (Wildman–Crippen MR) is 111 cm³/mol. The smallest absolute Gasteiger partial charge is 0.254 e. The van der Waals surface area contributed by atoms with Gasteiger partial charge in [-0.1, -0.05) is 25.1 Å². The number of fused-ring (bicyclic) bond motifs is 1. The number of furan rings is 1. The van der Waals surface area contributed by atoms with E-state index in [4.69, 9.17) is 4.42 Å². The van der Waals surface area contributed by atoms with Gasteiger partial charge in [0.05, 0.1) is 17.3 Å². The largest absolute Gasteiger partial charge is 0.463 e. The highest BCUT2D eigenvalue weighted by Crippen LogP contribution is 2.27. The number of likely N-dealkylation sites (tertiary alicyclic amines) is 1. The van der Waals surface area contributed by atoms with Gasteiger partial charge in [-0.15, -0.1) is 0 Å². The predicted octanol–water partition coefficient (Wildman–Crippen LogP) is 3.87. The van der Waals surface area contributed by atoms with Gasteiger partial charge in [0.1, 0.15) is 5.69 Å². The van der Waals surface area contributed by atoms with Crippen molar-refractivity contribution in [2.75, 3.05) is 19.6 Å². The molecule has 29 heavy (non-hydrogen) atoms. The Labute approximate surface area is 169 Å². The highest BCUT2D eigenvalue weighted by molar-refractivity contribution is 6.07. The summed E-state index contributed by atoms with van der Waals surface area (Å²) in [6.45, 7) is 3.90.